The SMILES string of the molecule is CS(=O)(=O)NC(=O)CCc1cc(I)c(Oc2ccc(O)c(C(=O)Nc3ccccc3)c2)c(I)c1. The Morgan fingerprint density at radius 3 is 2.26 bits per heavy atom. The van der Waals surface area contributed by atoms with E-state index in [1.807, 2.05) is 22.9 Å². The van der Waals surface area contributed by atoms with Crippen LogP contribution in [0.5, 0.6) is 17.2 Å². The zero-order valence-corrected chi connectivity index (χ0v) is 23.0. The van der Waals surface area contributed by atoms with E-state index in [2.05, 4.69) is 50.5 Å². The highest BCUT2D eigenvalue weighted by atomic mass is 127. The van der Waals surface area contributed by atoms with Crippen molar-refractivity contribution in [3.8, 4) is 17.2 Å². The Morgan fingerprint density at radius 2 is 1.65 bits per heavy atom. The van der Waals surface area contributed by atoms with Gasteiger partial charge >= 0.3 is 0 Å². The Balaban J connectivity index is 1.74. The van der Waals surface area contributed by atoms with E-state index < -0.39 is 21.8 Å². The molecule has 0 aromatic heterocycles. The number of benzene rings is 3. The van der Waals surface area contributed by atoms with Crippen LogP contribution >= 0.6 is 45.2 Å². The number of aromatic hydroxyl groups is 1. The Labute approximate surface area is 224 Å². The molecule has 0 saturated heterocycles. The lowest BCUT2D eigenvalue weighted by Gasteiger charge is -2.14. The standard InChI is InChI=1S/C23H20I2N2O6S/c1-34(31,32)27-21(29)10-7-14-11-18(24)22(19(25)12-14)33-16-8-9-20(28)17(13-16)23(30)26-15-5-3-2-4-6-15/h2-6,8-9,11-13,28H,7,10H2,1H3,(H,26,30)(H,27,29). The van der Waals surface area contributed by atoms with Crippen LogP contribution in [0.4, 0.5) is 5.69 Å². The van der Waals surface area contributed by atoms with Crippen molar-refractivity contribution in [3.05, 3.63) is 78.9 Å². The van der Waals surface area contributed by atoms with Gasteiger partial charge in [-0.2, -0.15) is 0 Å². The quantitative estimate of drug-likeness (QED) is 0.294. The molecule has 0 fully saturated rings. The van der Waals surface area contributed by atoms with Gasteiger partial charge in [-0.05, 0) is 99.6 Å². The number of halogens is 2. The summed E-state index contributed by atoms with van der Waals surface area (Å²) in [6.45, 7) is 0. The van der Waals surface area contributed by atoms with E-state index >= 15 is 0 Å². The normalized spacial score (nSPS) is 11.0. The van der Waals surface area contributed by atoms with Crippen molar-refractivity contribution in [1.82, 2.24) is 4.72 Å². The Kier molecular flexibility index (Phi) is 8.76. The summed E-state index contributed by atoms with van der Waals surface area (Å²) in [6, 6.07) is 17.0. The molecular formula is C23H20I2N2O6S. The van der Waals surface area contributed by atoms with Gasteiger partial charge in [0.1, 0.15) is 11.5 Å². The number of nitrogens with one attached hydrogen (secondary N) is 2. The molecule has 3 aromatic rings. The number of sulfonamides is 1. The van der Waals surface area contributed by atoms with Gasteiger partial charge in [-0.25, -0.2) is 8.42 Å². The van der Waals surface area contributed by atoms with E-state index in [1.165, 1.54) is 12.1 Å². The highest BCUT2D eigenvalue weighted by molar-refractivity contribution is 14.1. The summed E-state index contributed by atoms with van der Waals surface area (Å²) in [5.41, 5.74) is 1.52. The van der Waals surface area contributed by atoms with Gasteiger partial charge in [0, 0.05) is 12.1 Å². The van der Waals surface area contributed by atoms with Crippen LogP contribution in [0, 0.1) is 7.14 Å². The lowest BCUT2D eigenvalue weighted by Crippen LogP contribution is -2.29. The summed E-state index contributed by atoms with van der Waals surface area (Å²) in [5.74, 6) is -0.287. The molecule has 3 aromatic carbocycles. The Bertz CT molecular complexity index is 1310. The number of phenols is 1. The van der Waals surface area contributed by atoms with E-state index in [0.29, 0.717) is 23.6 Å². The molecule has 34 heavy (non-hydrogen) atoms. The summed E-state index contributed by atoms with van der Waals surface area (Å²) in [7, 11) is -3.58. The van der Waals surface area contributed by atoms with Crippen molar-refractivity contribution in [1.29, 1.82) is 0 Å². The van der Waals surface area contributed by atoms with Gasteiger partial charge in [0.25, 0.3) is 5.91 Å². The molecule has 0 spiro atoms. The molecule has 0 saturated carbocycles. The first-order chi connectivity index (χ1) is 16.0. The number of anilines is 1. The summed E-state index contributed by atoms with van der Waals surface area (Å²) in [5, 5.41) is 12.9. The predicted octanol–water partition coefficient (Wildman–Crippen LogP) is 4.65. The number of carbonyl (C=O) groups excluding carboxylic acids is 2. The monoisotopic (exact) mass is 706 g/mol. The third-order valence-electron chi connectivity index (χ3n) is 4.46. The molecule has 8 nitrogen and oxygen atoms in total. The number of hydrogen-bond acceptors (Lipinski definition) is 6. The van der Waals surface area contributed by atoms with Crippen LogP contribution in [0.15, 0.2) is 60.7 Å². The molecule has 0 heterocycles. The minimum atomic E-state index is -3.58. The second kappa shape index (κ2) is 11.4. The molecular weight excluding hydrogens is 686 g/mol. The number of hydrogen-bond donors (Lipinski definition) is 3. The summed E-state index contributed by atoms with van der Waals surface area (Å²) < 4.78 is 31.8. The molecule has 0 atom stereocenters. The van der Waals surface area contributed by atoms with Crippen LogP contribution < -0.4 is 14.8 Å². The van der Waals surface area contributed by atoms with Gasteiger partial charge in [0.15, 0.2) is 5.75 Å². The predicted molar refractivity (Wildman–Crippen MR) is 146 cm³/mol. The number of rotatable bonds is 8. The van der Waals surface area contributed by atoms with Gasteiger partial charge in [-0.15, -0.1) is 0 Å². The second-order valence-electron chi connectivity index (χ2n) is 7.29. The van der Waals surface area contributed by atoms with Crippen LogP contribution in [0.2, 0.25) is 0 Å². The van der Waals surface area contributed by atoms with Crippen molar-refractivity contribution in [2.45, 2.75) is 12.8 Å². The van der Waals surface area contributed by atoms with E-state index in [-0.39, 0.29) is 17.7 Å². The van der Waals surface area contributed by atoms with Gasteiger partial charge < -0.3 is 15.2 Å². The summed E-state index contributed by atoms with van der Waals surface area (Å²) in [6.07, 6.45) is 1.32. The van der Waals surface area contributed by atoms with E-state index in [0.717, 1.165) is 19.0 Å². The lowest BCUT2D eigenvalue weighted by molar-refractivity contribution is -0.119. The summed E-state index contributed by atoms with van der Waals surface area (Å²) in [4.78, 5) is 24.4. The third kappa shape index (κ3) is 7.56. The first-order valence-electron chi connectivity index (χ1n) is 9.87. The van der Waals surface area contributed by atoms with Gasteiger partial charge in [0.2, 0.25) is 15.9 Å². The summed E-state index contributed by atoms with van der Waals surface area (Å²) >= 11 is 4.21. The number of aryl methyl sites for hydroxylation is 1. The number of amides is 2. The molecule has 0 radical (unpaired) electrons. The first-order valence-corrected chi connectivity index (χ1v) is 13.9. The fourth-order valence-electron chi connectivity index (χ4n) is 2.97. The largest absolute Gasteiger partial charge is 0.507 e. The Morgan fingerprint density at radius 1 is 1.00 bits per heavy atom. The average Bonchev–Trinajstić information content (AvgIpc) is 2.75. The molecule has 0 aliphatic rings. The van der Waals surface area contributed by atoms with Crippen molar-refractivity contribution in [2.24, 2.45) is 0 Å². The third-order valence-corrected chi connectivity index (χ3v) is 6.66. The smallest absolute Gasteiger partial charge is 0.259 e. The van der Waals surface area contributed by atoms with Crippen LogP contribution in [0.25, 0.3) is 0 Å². The maximum atomic E-state index is 12.6. The van der Waals surface area contributed by atoms with Gasteiger partial charge in [0.05, 0.1) is 19.0 Å². The van der Waals surface area contributed by atoms with E-state index in [9.17, 15) is 23.1 Å². The molecule has 0 aliphatic carbocycles. The van der Waals surface area contributed by atoms with Crippen molar-refractivity contribution in [2.75, 3.05) is 11.6 Å². The molecule has 178 valence electrons. The number of para-hydroxylation sites is 1. The molecule has 0 bridgehead atoms. The highest BCUT2D eigenvalue weighted by Gasteiger charge is 2.16. The number of ether oxygens (including phenoxy) is 1. The van der Waals surface area contributed by atoms with Crippen molar-refractivity contribution < 1.29 is 27.9 Å². The molecule has 0 aliphatic heterocycles. The minimum absolute atomic E-state index is 0.0251. The van der Waals surface area contributed by atoms with Gasteiger partial charge in [-0.3, -0.25) is 14.3 Å². The lowest BCUT2D eigenvalue weighted by atomic mass is 10.1. The molecule has 11 heteroatoms. The van der Waals surface area contributed by atoms with Crippen LogP contribution in [-0.4, -0.2) is 31.6 Å². The minimum Gasteiger partial charge on any atom is -0.507 e. The molecule has 3 N–H and O–H groups in total. The van der Waals surface area contributed by atoms with E-state index in [1.54, 1.807) is 30.3 Å². The second-order valence-corrected chi connectivity index (χ2v) is 11.4. The molecule has 3 rings (SSSR count). The van der Waals surface area contributed by atoms with E-state index in [4.69, 9.17) is 4.74 Å². The van der Waals surface area contributed by atoms with Crippen LogP contribution in [0.3, 0.4) is 0 Å². The average molecular weight is 706 g/mol. The fraction of sp³-hybridized carbons (Fsp3) is 0.130. The van der Waals surface area contributed by atoms with Gasteiger partial charge in [-0.1, -0.05) is 18.2 Å². The zero-order chi connectivity index (χ0) is 24.9. The topological polar surface area (TPSA) is 122 Å². The fourth-order valence-corrected chi connectivity index (χ4v) is 5.60. The van der Waals surface area contributed by atoms with Crippen LogP contribution in [0.1, 0.15) is 22.3 Å². The maximum Gasteiger partial charge on any atom is 0.259 e. The number of phenolic OH excluding ortho intramolecular Hbond substituents is 1. The van der Waals surface area contributed by atoms with Crippen molar-refractivity contribution >= 4 is 72.7 Å². The molecule has 2 amide bonds. The van der Waals surface area contributed by atoms with Crippen LogP contribution in [-0.2, 0) is 21.2 Å². The highest BCUT2D eigenvalue weighted by Crippen LogP contribution is 2.35. The Hall–Kier alpha value is -2.39. The molecule has 0 unspecified atom stereocenters. The first kappa shape index (κ1) is 26.2. The zero-order valence-electron chi connectivity index (χ0n) is 17.8. The number of carbonyl (C=O) groups is 2. The maximum absolute atomic E-state index is 12.6. The van der Waals surface area contributed by atoms with Crippen molar-refractivity contribution in [3.63, 3.8) is 0 Å².